The molecule has 2 N–H and O–H groups in total. The number of ether oxygens (including phenoxy) is 2. The largest absolute Gasteiger partial charge is 0.496 e. The molecule has 1 aromatic rings. The van der Waals surface area contributed by atoms with Crippen molar-refractivity contribution in [2.24, 2.45) is 4.99 Å². The predicted octanol–water partition coefficient (Wildman–Crippen LogP) is 2.57. The van der Waals surface area contributed by atoms with Crippen molar-refractivity contribution in [1.82, 2.24) is 10.6 Å². The highest BCUT2D eigenvalue weighted by Crippen LogP contribution is 2.17. The minimum Gasteiger partial charge on any atom is -0.496 e. The molecule has 0 aliphatic carbocycles. The van der Waals surface area contributed by atoms with Crippen LogP contribution < -0.4 is 15.4 Å². The first-order valence-electron chi connectivity index (χ1n) is 7.93. The van der Waals surface area contributed by atoms with E-state index in [1.54, 1.807) is 7.11 Å². The van der Waals surface area contributed by atoms with E-state index >= 15 is 0 Å². The summed E-state index contributed by atoms with van der Waals surface area (Å²) in [6.07, 6.45) is 1.24. The smallest absolute Gasteiger partial charge is 0.191 e. The normalized spacial score (nSPS) is 11.6. The average molecular weight is 307 g/mol. The van der Waals surface area contributed by atoms with Gasteiger partial charge in [0.1, 0.15) is 5.75 Å². The lowest BCUT2D eigenvalue weighted by atomic mass is 10.2. The SMILES string of the molecule is CCNC(=NCc1ccccc1OC)NCCCOC(C)C. The first-order valence-corrected chi connectivity index (χ1v) is 7.93. The van der Waals surface area contributed by atoms with Gasteiger partial charge in [0.2, 0.25) is 0 Å². The van der Waals surface area contributed by atoms with Crippen LogP contribution in [0, 0.1) is 0 Å². The average Bonchev–Trinajstić information content (AvgIpc) is 2.52. The molecule has 0 atom stereocenters. The third kappa shape index (κ3) is 7.31. The van der Waals surface area contributed by atoms with E-state index in [1.807, 2.05) is 38.1 Å². The van der Waals surface area contributed by atoms with E-state index in [0.29, 0.717) is 6.54 Å². The molecule has 0 aromatic heterocycles. The topological polar surface area (TPSA) is 54.9 Å². The number of nitrogens with one attached hydrogen (secondary N) is 2. The number of para-hydroxylation sites is 1. The van der Waals surface area contributed by atoms with Crippen LogP contribution in [0.5, 0.6) is 5.75 Å². The molecule has 5 nitrogen and oxygen atoms in total. The van der Waals surface area contributed by atoms with Crippen molar-refractivity contribution in [1.29, 1.82) is 0 Å². The first-order chi connectivity index (χ1) is 10.7. The molecule has 0 aliphatic heterocycles. The van der Waals surface area contributed by atoms with E-state index < -0.39 is 0 Å². The van der Waals surface area contributed by atoms with Crippen LogP contribution in [0.3, 0.4) is 0 Å². The fourth-order valence-electron chi connectivity index (χ4n) is 1.94. The van der Waals surface area contributed by atoms with Crippen molar-refractivity contribution in [3.63, 3.8) is 0 Å². The molecule has 124 valence electrons. The number of rotatable bonds is 9. The molecule has 0 unspecified atom stereocenters. The number of aliphatic imine (C=N–C) groups is 1. The van der Waals surface area contributed by atoms with E-state index in [2.05, 4.69) is 22.5 Å². The Balaban J connectivity index is 2.47. The number of guanidine groups is 1. The molecule has 1 aromatic carbocycles. The van der Waals surface area contributed by atoms with Gasteiger partial charge in [-0.1, -0.05) is 18.2 Å². The van der Waals surface area contributed by atoms with Crippen LogP contribution in [0.25, 0.3) is 0 Å². The molecular weight excluding hydrogens is 278 g/mol. The fraction of sp³-hybridized carbons (Fsp3) is 0.588. The van der Waals surface area contributed by atoms with Crippen LogP contribution in [0.1, 0.15) is 32.8 Å². The maximum Gasteiger partial charge on any atom is 0.191 e. The molecule has 1 rings (SSSR count). The molecule has 0 spiro atoms. The van der Waals surface area contributed by atoms with Gasteiger partial charge in [0.25, 0.3) is 0 Å². The van der Waals surface area contributed by atoms with E-state index in [0.717, 1.165) is 43.4 Å². The van der Waals surface area contributed by atoms with Crippen LogP contribution in [0.15, 0.2) is 29.3 Å². The van der Waals surface area contributed by atoms with Crippen molar-refractivity contribution < 1.29 is 9.47 Å². The summed E-state index contributed by atoms with van der Waals surface area (Å²) in [5.74, 6) is 1.69. The Morgan fingerprint density at radius 1 is 1.23 bits per heavy atom. The molecule has 0 aliphatic rings. The number of hydrogen-bond acceptors (Lipinski definition) is 3. The van der Waals surface area contributed by atoms with E-state index in [1.165, 1.54) is 0 Å². The maximum absolute atomic E-state index is 5.53. The van der Waals surface area contributed by atoms with Gasteiger partial charge in [0.15, 0.2) is 5.96 Å². The van der Waals surface area contributed by atoms with Gasteiger partial charge in [-0.15, -0.1) is 0 Å². The van der Waals surface area contributed by atoms with E-state index in [4.69, 9.17) is 9.47 Å². The van der Waals surface area contributed by atoms with Gasteiger partial charge in [0.05, 0.1) is 19.8 Å². The zero-order valence-corrected chi connectivity index (χ0v) is 14.2. The summed E-state index contributed by atoms with van der Waals surface area (Å²) in [7, 11) is 1.68. The number of methoxy groups -OCH3 is 1. The monoisotopic (exact) mass is 307 g/mol. The molecule has 0 radical (unpaired) electrons. The lowest BCUT2D eigenvalue weighted by Crippen LogP contribution is -2.38. The van der Waals surface area contributed by atoms with Crippen molar-refractivity contribution in [2.75, 3.05) is 26.8 Å². The Hall–Kier alpha value is -1.75. The lowest BCUT2D eigenvalue weighted by molar-refractivity contribution is 0.0776. The Labute approximate surface area is 134 Å². The van der Waals surface area contributed by atoms with Crippen molar-refractivity contribution in [2.45, 2.75) is 39.8 Å². The van der Waals surface area contributed by atoms with Gasteiger partial charge in [-0.25, -0.2) is 4.99 Å². The summed E-state index contributed by atoms with van der Waals surface area (Å²) in [6.45, 7) is 9.17. The standard InChI is InChI=1S/C17H29N3O2/c1-5-18-17(19-11-8-12-22-14(2)3)20-13-15-9-6-7-10-16(15)21-4/h6-7,9-10,14H,5,8,11-13H2,1-4H3,(H2,18,19,20). The Morgan fingerprint density at radius 2 is 2.00 bits per heavy atom. The van der Waals surface area contributed by atoms with Crippen LogP contribution in [-0.4, -0.2) is 38.9 Å². The Kier molecular flexibility index (Phi) is 9.07. The van der Waals surface area contributed by atoms with Crippen LogP contribution in [-0.2, 0) is 11.3 Å². The summed E-state index contributed by atoms with van der Waals surface area (Å²) in [5.41, 5.74) is 1.07. The number of benzene rings is 1. The van der Waals surface area contributed by atoms with E-state index in [-0.39, 0.29) is 6.10 Å². The second-order valence-corrected chi connectivity index (χ2v) is 5.21. The molecule has 0 saturated carbocycles. The third-order valence-corrected chi connectivity index (χ3v) is 3.01. The predicted molar refractivity (Wildman–Crippen MR) is 91.5 cm³/mol. The zero-order valence-electron chi connectivity index (χ0n) is 14.2. The number of nitrogens with zero attached hydrogens (tertiary/aromatic N) is 1. The minimum absolute atomic E-state index is 0.285. The lowest BCUT2D eigenvalue weighted by Gasteiger charge is -2.13. The Bertz CT molecular complexity index is 447. The minimum atomic E-state index is 0.285. The van der Waals surface area contributed by atoms with Crippen LogP contribution >= 0.6 is 0 Å². The highest BCUT2D eigenvalue weighted by atomic mass is 16.5. The Morgan fingerprint density at radius 3 is 2.68 bits per heavy atom. The fourth-order valence-corrected chi connectivity index (χ4v) is 1.94. The molecule has 0 bridgehead atoms. The van der Waals surface area contributed by atoms with Crippen molar-refractivity contribution >= 4 is 5.96 Å². The molecule has 0 amide bonds. The summed E-state index contributed by atoms with van der Waals surface area (Å²) in [5, 5.41) is 6.57. The molecular formula is C17H29N3O2. The first kappa shape index (κ1) is 18.3. The summed E-state index contributed by atoms with van der Waals surface area (Å²) >= 11 is 0. The van der Waals surface area contributed by atoms with E-state index in [9.17, 15) is 0 Å². The van der Waals surface area contributed by atoms with Gasteiger partial charge < -0.3 is 20.1 Å². The van der Waals surface area contributed by atoms with Gasteiger partial charge in [-0.2, -0.15) is 0 Å². The van der Waals surface area contributed by atoms with Gasteiger partial charge in [0, 0.05) is 25.3 Å². The quantitative estimate of drug-likeness (QED) is 0.418. The second kappa shape index (κ2) is 10.9. The molecule has 0 heterocycles. The van der Waals surface area contributed by atoms with Gasteiger partial charge in [-0.3, -0.25) is 0 Å². The summed E-state index contributed by atoms with van der Waals surface area (Å²) < 4.78 is 10.9. The van der Waals surface area contributed by atoms with Crippen LogP contribution in [0.2, 0.25) is 0 Å². The highest BCUT2D eigenvalue weighted by molar-refractivity contribution is 5.79. The van der Waals surface area contributed by atoms with Gasteiger partial charge >= 0.3 is 0 Å². The zero-order chi connectivity index (χ0) is 16.2. The van der Waals surface area contributed by atoms with Crippen molar-refractivity contribution in [3.8, 4) is 5.75 Å². The number of hydrogen-bond donors (Lipinski definition) is 2. The molecule has 0 fully saturated rings. The van der Waals surface area contributed by atoms with Gasteiger partial charge in [-0.05, 0) is 33.3 Å². The summed E-state index contributed by atoms with van der Waals surface area (Å²) in [6, 6.07) is 7.94. The summed E-state index contributed by atoms with van der Waals surface area (Å²) in [4.78, 5) is 4.60. The second-order valence-electron chi connectivity index (χ2n) is 5.21. The third-order valence-electron chi connectivity index (χ3n) is 3.01. The van der Waals surface area contributed by atoms with Crippen LogP contribution in [0.4, 0.5) is 0 Å². The maximum atomic E-state index is 5.53. The molecule has 0 saturated heterocycles. The molecule has 5 heteroatoms. The molecule has 22 heavy (non-hydrogen) atoms. The van der Waals surface area contributed by atoms with Crippen molar-refractivity contribution in [3.05, 3.63) is 29.8 Å². The highest BCUT2D eigenvalue weighted by Gasteiger charge is 2.02.